The Bertz CT molecular complexity index is 1150. The molecule has 33 heavy (non-hydrogen) atoms. The highest BCUT2D eigenvalue weighted by molar-refractivity contribution is 5.93. The summed E-state index contributed by atoms with van der Waals surface area (Å²) in [5.74, 6) is -0.273. The van der Waals surface area contributed by atoms with E-state index < -0.39 is 12.1 Å². The van der Waals surface area contributed by atoms with Gasteiger partial charge in [0.2, 0.25) is 0 Å². The number of fused-ring (bicyclic) bond motifs is 3. The fourth-order valence-electron chi connectivity index (χ4n) is 4.88. The summed E-state index contributed by atoms with van der Waals surface area (Å²) in [6, 6.07) is 19.7. The highest BCUT2D eigenvalue weighted by atomic mass is 16.5. The SMILES string of the molecule is O=C(NC[C@@H]1CCN(c2ncccc2C(=O)O)C1)OCC1c2ccccc2-c2ccccc21. The first-order valence-electron chi connectivity index (χ1n) is 11.1. The molecule has 1 saturated heterocycles. The Balaban J connectivity index is 1.16. The minimum absolute atomic E-state index is 0.0312. The number of carbonyl (C=O) groups excluding carboxylic acids is 1. The molecule has 2 N–H and O–H groups in total. The van der Waals surface area contributed by atoms with Crippen LogP contribution in [0.4, 0.5) is 10.6 Å². The third-order valence-corrected chi connectivity index (χ3v) is 6.48. The standard InChI is InChI=1S/C26H25N3O4/c30-25(31)22-10-5-12-27-24(22)29-13-11-17(15-29)14-28-26(32)33-16-23-20-8-3-1-6-18(20)19-7-2-4-9-21(19)23/h1-10,12,17,23H,11,13-16H2,(H,28,32)(H,30,31)/t17-/m0/s1. The number of carboxylic acid groups (broad SMARTS) is 1. The Morgan fingerprint density at radius 2 is 1.73 bits per heavy atom. The quantitative estimate of drug-likeness (QED) is 0.595. The van der Waals surface area contributed by atoms with Gasteiger partial charge >= 0.3 is 12.1 Å². The Morgan fingerprint density at radius 3 is 2.42 bits per heavy atom. The molecule has 0 spiro atoms. The maximum absolute atomic E-state index is 12.4. The van der Waals surface area contributed by atoms with Gasteiger partial charge in [0.05, 0.1) is 0 Å². The maximum Gasteiger partial charge on any atom is 0.407 e. The van der Waals surface area contributed by atoms with Crippen LogP contribution in [0.1, 0.15) is 33.8 Å². The number of hydrogen-bond donors (Lipinski definition) is 2. The molecule has 0 saturated carbocycles. The van der Waals surface area contributed by atoms with E-state index in [0.29, 0.717) is 25.5 Å². The van der Waals surface area contributed by atoms with Gasteiger partial charge < -0.3 is 20.1 Å². The molecule has 0 radical (unpaired) electrons. The number of amides is 1. The van der Waals surface area contributed by atoms with Crippen LogP contribution < -0.4 is 10.2 Å². The van der Waals surface area contributed by atoms with Crippen LogP contribution in [0.5, 0.6) is 0 Å². The van der Waals surface area contributed by atoms with E-state index in [9.17, 15) is 14.7 Å². The number of anilines is 1. The van der Waals surface area contributed by atoms with Crippen molar-refractivity contribution in [3.05, 3.63) is 83.6 Å². The molecule has 1 aromatic heterocycles. The average Bonchev–Trinajstić information content (AvgIpc) is 3.44. The predicted octanol–water partition coefficient (Wildman–Crippen LogP) is 4.14. The van der Waals surface area contributed by atoms with Crippen molar-refractivity contribution in [2.45, 2.75) is 12.3 Å². The number of benzene rings is 2. The van der Waals surface area contributed by atoms with Gasteiger partial charge in [0.1, 0.15) is 18.0 Å². The normalized spacial score (nSPS) is 16.8. The minimum atomic E-state index is -0.988. The molecule has 1 aliphatic carbocycles. The third kappa shape index (κ3) is 4.14. The van der Waals surface area contributed by atoms with E-state index >= 15 is 0 Å². The summed E-state index contributed by atoms with van der Waals surface area (Å²) in [6.45, 7) is 2.10. The summed E-state index contributed by atoms with van der Waals surface area (Å²) >= 11 is 0. The molecular formula is C26H25N3O4. The second-order valence-electron chi connectivity index (χ2n) is 8.49. The van der Waals surface area contributed by atoms with Gasteiger partial charge in [-0.3, -0.25) is 0 Å². The summed E-state index contributed by atoms with van der Waals surface area (Å²) < 4.78 is 5.61. The van der Waals surface area contributed by atoms with Crippen LogP contribution in [0.3, 0.4) is 0 Å². The van der Waals surface area contributed by atoms with Crippen molar-refractivity contribution >= 4 is 17.9 Å². The number of rotatable bonds is 6. The zero-order valence-corrected chi connectivity index (χ0v) is 18.1. The van der Waals surface area contributed by atoms with Crippen LogP contribution in [0.15, 0.2) is 66.9 Å². The van der Waals surface area contributed by atoms with Gasteiger partial charge in [-0.2, -0.15) is 0 Å². The lowest BCUT2D eigenvalue weighted by Gasteiger charge is -2.19. The van der Waals surface area contributed by atoms with Crippen molar-refractivity contribution in [1.29, 1.82) is 0 Å². The summed E-state index contributed by atoms with van der Waals surface area (Å²) in [5.41, 5.74) is 4.96. The van der Waals surface area contributed by atoms with Crippen LogP contribution in [-0.2, 0) is 4.74 Å². The Hall–Kier alpha value is -3.87. The van der Waals surface area contributed by atoms with Crippen molar-refractivity contribution in [3.63, 3.8) is 0 Å². The summed E-state index contributed by atoms with van der Waals surface area (Å²) in [4.78, 5) is 30.1. The molecule has 0 unspecified atom stereocenters. The molecule has 7 heteroatoms. The van der Waals surface area contributed by atoms with E-state index in [0.717, 1.165) is 6.42 Å². The Kier molecular flexibility index (Phi) is 5.69. The van der Waals surface area contributed by atoms with Gasteiger partial charge in [-0.15, -0.1) is 0 Å². The number of hydrogen-bond acceptors (Lipinski definition) is 5. The number of nitrogens with zero attached hydrogens (tertiary/aromatic N) is 2. The molecule has 5 rings (SSSR count). The number of pyridine rings is 1. The lowest BCUT2D eigenvalue weighted by molar-refractivity contribution is 0.0697. The molecule has 7 nitrogen and oxygen atoms in total. The van der Waals surface area contributed by atoms with E-state index in [2.05, 4.69) is 34.6 Å². The van der Waals surface area contributed by atoms with Crippen LogP contribution in [0.25, 0.3) is 11.1 Å². The monoisotopic (exact) mass is 443 g/mol. The fourth-order valence-corrected chi connectivity index (χ4v) is 4.88. The molecule has 2 aliphatic rings. The lowest BCUT2D eigenvalue weighted by atomic mass is 9.98. The van der Waals surface area contributed by atoms with Gasteiger partial charge in [-0.05, 0) is 46.7 Å². The molecule has 1 fully saturated rings. The summed E-state index contributed by atoms with van der Waals surface area (Å²) in [6.07, 6.45) is 2.02. The first kappa shape index (κ1) is 21.0. The highest BCUT2D eigenvalue weighted by Crippen LogP contribution is 2.44. The van der Waals surface area contributed by atoms with Crippen LogP contribution in [0.2, 0.25) is 0 Å². The fraction of sp³-hybridized carbons (Fsp3) is 0.269. The van der Waals surface area contributed by atoms with E-state index in [1.807, 2.05) is 29.2 Å². The van der Waals surface area contributed by atoms with Crippen molar-refractivity contribution < 1.29 is 19.4 Å². The molecule has 3 aromatic rings. The molecule has 2 heterocycles. The smallest absolute Gasteiger partial charge is 0.407 e. The van der Waals surface area contributed by atoms with Gasteiger partial charge in [0.15, 0.2) is 0 Å². The van der Waals surface area contributed by atoms with E-state index in [-0.39, 0.29) is 24.0 Å². The topological polar surface area (TPSA) is 91.8 Å². The van der Waals surface area contributed by atoms with Crippen molar-refractivity contribution in [2.75, 3.05) is 31.1 Å². The molecule has 168 valence electrons. The molecule has 1 amide bonds. The number of ether oxygens (including phenoxy) is 1. The zero-order valence-electron chi connectivity index (χ0n) is 18.1. The summed E-state index contributed by atoms with van der Waals surface area (Å²) in [7, 11) is 0. The molecule has 2 aromatic carbocycles. The number of alkyl carbamates (subject to hydrolysis) is 1. The summed E-state index contributed by atoms with van der Waals surface area (Å²) in [5, 5.41) is 12.3. The first-order chi connectivity index (χ1) is 16.1. The van der Waals surface area contributed by atoms with Crippen molar-refractivity contribution in [3.8, 4) is 11.1 Å². The van der Waals surface area contributed by atoms with E-state index in [1.165, 1.54) is 22.3 Å². The van der Waals surface area contributed by atoms with Crippen LogP contribution in [0, 0.1) is 5.92 Å². The second-order valence-corrected chi connectivity index (χ2v) is 8.49. The van der Waals surface area contributed by atoms with Crippen molar-refractivity contribution in [2.24, 2.45) is 5.92 Å². The number of carbonyl (C=O) groups is 2. The van der Waals surface area contributed by atoms with Gasteiger partial charge in [-0.25, -0.2) is 14.6 Å². The number of aromatic nitrogens is 1. The van der Waals surface area contributed by atoms with E-state index in [1.54, 1.807) is 18.3 Å². The van der Waals surface area contributed by atoms with Crippen molar-refractivity contribution in [1.82, 2.24) is 10.3 Å². The number of nitrogens with one attached hydrogen (secondary N) is 1. The van der Waals surface area contributed by atoms with Gasteiger partial charge in [0, 0.05) is 31.7 Å². The van der Waals surface area contributed by atoms with Crippen LogP contribution >= 0.6 is 0 Å². The number of carboxylic acids is 1. The maximum atomic E-state index is 12.4. The second kappa shape index (κ2) is 8.94. The minimum Gasteiger partial charge on any atom is -0.478 e. The molecule has 1 aliphatic heterocycles. The Labute approximate surface area is 192 Å². The Morgan fingerprint density at radius 1 is 1.03 bits per heavy atom. The van der Waals surface area contributed by atoms with Crippen LogP contribution in [-0.4, -0.2) is 48.4 Å². The predicted molar refractivity (Wildman–Crippen MR) is 125 cm³/mol. The largest absolute Gasteiger partial charge is 0.478 e. The average molecular weight is 444 g/mol. The van der Waals surface area contributed by atoms with Gasteiger partial charge in [0.25, 0.3) is 0 Å². The number of aromatic carboxylic acids is 1. The van der Waals surface area contributed by atoms with E-state index in [4.69, 9.17) is 4.74 Å². The van der Waals surface area contributed by atoms with Gasteiger partial charge in [-0.1, -0.05) is 48.5 Å². The molecular weight excluding hydrogens is 418 g/mol. The third-order valence-electron chi connectivity index (χ3n) is 6.48. The lowest BCUT2D eigenvalue weighted by Crippen LogP contribution is -2.32. The highest BCUT2D eigenvalue weighted by Gasteiger charge is 2.30. The first-order valence-corrected chi connectivity index (χ1v) is 11.1. The zero-order chi connectivity index (χ0) is 22.8. The molecule has 1 atom stereocenters. The molecule has 0 bridgehead atoms.